The number of aromatic nitrogens is 2. The number of methoxy groups -OCH3 is 2. The van der Waals surface area contributed by atoms with E-state index in [2.05, 4.69) is 15.5 Å². The van der Waals surface area contributed by atoms with Crippen LogP contribution in [0.1, 0.15) is 24.2 Å². The summed E-state index contributed by atoms with van der Waals surface area (Å²) in [6.07, 6.45) is -4.15. The minimum atomic E-state index is -4.66. The number of carbonyl (C=O) groups excluding carboxylic acids is 1. The van der Waals surface area contributed by atoms with Crippen LogP contribution in [0.5, 0.6) is 5.75 Å². The number of imidazole rings is 1. The molecule has 134 valence electrons. The molecular formula is C15H15F3N4O3. The van der Waals surface area contributed by atoms with E-state index in [0.717, 1.165) is 4.57 Å². The van der Waals surface area contributed by atoms with Gasteiger partial charge in [0, 0.05) is 25.5 Å². The highest BCUT2D eigenvalue weighted by molar-refractivity contribution is 6.12. The van der Waals surface area contributed by atoms with Gasteiger partial charge in [-0.25, -0.2) is 10.4 Å². The van der Waals surface area contributed by atoms with E-state index in [1.807, 2.05) is 0 Å². The average Bonchev–Trinajstić information content (AvgIpc) is 2.95. The summed E-state index contributed by atoms with van der Waals surface area (Å²) in [5, 5.41) is 3.95. The Morgan fingerprint density at radius 2 is 2.04 bits per heavy atom. The predicted octanol–water partition coefficient (Wildman–Crippen LogP) is 2.28. The molecule has 3 rings (SSSR count). The summed E-state index contributed by atoms with van der Waals surface area (Å²) < 4.78 is 51.2. The first-order valence-corrected chi connectivity index (χ1v) is 7.36. The Bertz CT molecular complexity index is 858. The van der Waals surface area contributed by atoms with E-state index in [-0.39, 0.29) is 35.8 Å². The number of ether oxygens (including phenoxy) is 2. The van der Waals surface area contributed by atoms with Gasteiger partial charge in [0.15, 0.2) is 0 Å². The number of fused-ring (bicyclic) bond motifs is 1. The van der Waals surface area contributed by atoms with Gasteiger partial charge in [-0.3, -0.25) is 9.36 Å². The molecule has 0 aliphatic carbocycles. The molecule has 0 unspecified atom stereocenters. The maximum absolute atomic E-state index is 13.4. The van der Waals surface area contributed by atoms with Crippen molar-refractivity contribution in [2.24, 2.45) is 5.10 Å². The fraction of sp³-hybridized carbons (Fsp3) is 0.400. The lowest BCUT2D eigenvalue weighted by atomic mass is 10.0. The van der Waals surface area contributed by atoms with E-state index in [0.29, 0.717) is 17.7 Å². The minimum Gasteiger partial charge on any atom is -0.494 e. The van der Waals surface area contributed by atoms with E-state index >= 15 is 0 Å². The molecule has 1 aromatic heterocycles. The third-order valence-electron chi connectivity index (χ3n) is 3.80. The number of nitrogens with one attached hydrogen (secondary N) is 1. The summed E-state index contributed by atoms with van der Waals surface area (Å²) in [4.78, 5) is 15.0. The highest BCUT2D eigenvalue weighted by Crippen LogP contribution is 2.36. The zero-order valence-electron chi connectivity index (χ0n) is 13.5. The molecule has 1 aliphatic heterocycles. The standard InChI is InChI=1S/C15H15F3N4O3/c1-24-7-22-13-10(25-2)5-3-8(9-4-6-11(23)21-20-9)12(13)19-14(22)15(16,17)18/h3,5H,4,6-7H2,1-2H3,(H,21,23). The van der Waals surface area contributed by atoms with Crippen molar-refractivity contribution in [1.82, 2.24) is 15.0 Å². The second kappa shape index (κ2) is 6.36. The molecule has 7 nitrogen and oxygen atoms in total. The summed E-state index contributed by atoms with van der Waals surface area (Å²) in [6, 6.07) is 3.13. The molecular weight excluding hydrogens is 341 g/mol. The maximum Gasteiger partial charge on any atom is 0.449 e. The first-order valence-electron chi connectivity index (χ1n) is 7.36. The van der Waals surface area contributed by atoms with E-state index in [1.165, 1.54) is 14.2 Å². The normalized spacial score (nSPS) is 15.2. The van der Waals surface area contributed by atoms with Crippen molar-refractivity contribution in [2.45, 2.75) is 25.7 Å². The molecule has 10 heteroatoms. The monoisotopic (exact) mass is 356 g/mol. The first-order chi connectivity index (χ1) is 11.9. The van der Waals surface area contributed by atoms with Gasteiger partial charge < -0.3 is 9.47 Å². The van der Waals surface area contributed by atoms with Crippen molar-refractivity contribution < 1.29 is 27.4 Å². The Hall–Kier alpha value is -2.62. The number of carbonyl (C=O) groups is 1. The third kappa shape index (κ3) is 3.04. The molecule has 25 heavy (non-hydrogen) atoms. The molecule has 0 atom stereocenters. The number of nitrogens with zero attached hydrogens (tertiary/aromatic N) is 3. The molecule has 1 N–H and O–H groups in total. The molecule has 0 saturated heterocycles. The zero-order valence-corrected chi connectivity index (χ0v) is 13.5. The summed E-state index contributed by atoms with van der Waals surface area (Å²) in [5.74, 6) is -1.09. The van der Waals surface area contributed by atoms with Crippen molar-refractivity contribution in [3.8, 4) is 5.75 Å². The molecule has 1 aromatic carbocycles. The smallest absolute Gasteiger partial charge is 0.449 e. The lowest BCUT2D eigenvalue weighted by Gasteiger charge is -2.14. The minimum absolute atomic E-state index is 0.0959. The average molecular weight is 356 g/mol. The van der Waals surface area contributed by atoms with Crippen LogP contribution in [0.2, 0.25) is 0 Å². The summed E-state index contributed by atoms with van der Waals surface area (Å²) in [6.45, 7) is -0.339. The van der Waals surface area contributed by atoms with Crippen LogP contribution in [0.25, 0.3) is 11.0 Å². The maximum atomic E-state index is 13.4. The van der Waals surface area contributed by atoms with Crippen LogP contribution in [0.15, 0.2) is 17.2 Å². The zero-order chi connectivity index (χ0) is 18.2. The largest absolute Gasteiger partial charge is 0.494 e. The number of hydrogen-bond donors (Lipinski definition) is 1. The Morgan fingerprint density at radius 1 is 1.28 bits per heavy atom. The summed E-state index contributed by atoms with van der Waals surface area (Å²) in [5.41, 5.74) is 3.47. The van der Waals surface area contributed by atoms with Crippen LogP contribution in [-0.4, -0.2) is 35.4 Å². The highest BCUT2D eigenvalue weighted by Gasteiger charge is 2.39. The quantitative estimate of drug-likeness (QED) is 0.912. The van der Waals surface area contributed by atoms with Gasteiger partial charge in [0.1, 0.15) is 23.5 Å². The number of benzene rings is 1. The van der Waals surface area contributed by atoms with Gasteiger partial charge in [0.25, 0.3) is 0 Å². The first kappa shape index (κ1) is 17.2. The number of hydrazone groups is 1. The molecule has 0 bridgehead atoms. The number of hydrogen-bond acceptors (Lipinski definition) is 5. The second-order valence-electron chi connectivity index (χ2n) is 5.39. The molecule has 2 heterocycles. The van der Waals surface area contributed by atoms with E-state index in [9.17, 15) is 18.0 Å². The molecule has 1 aliphatic rings. The Labute approximate surface area is 140 Å². The van der Waals surface area contributed by atoms with Gasteiger partial charge in [-0.05, 0) is 12.1 Å². The highest BCUT2D eigenvalue weighted by atomic mass is 19.4. The van der Waals surface area contributed by atoms with Gasteiger partial charge >= 0.3 is 6.18 Å². The van der Waals surface area contributed by atoms with Gasteiger partial charge in [-0.2, -0.15) is 18.3 Å². The van der Waals surface area contributed by atoms with Crippen molar-refractivity contribution in [1.29, 1.82) is 0 Å². The fourth-order valence-corrected chi connectivity index (χ4v) is 2.74. The van der Waals surface area contributed by atoms with Crippen LogP contribution in [0, 0.1) is 0 Å². The molecule has 0 saturated carbocycles. The van der Waals surface area contributed by atoms with Gasteiger partial charge in [0.2, 0.25) is 11.7 Å². The SMILES string of the molecule is COCn1c(C(F)(F)F)nc2c(C3=NNC(=O)CC3)ccc(OC)c21. The summed E-state index contributed by atoms with van der Waals surface area (Å²) in [7, 11) is 2.66. The van der Waals surface area contributed by atoms with E-state index in [1.54, 1.807) is 12.1 Å². The van der Waals surface area contributed by atoms with Crippen molar-refractivity contribution >= 4 is 22.7 Å². The van der Waals surface area contributed by atoms with Gasteiger partial charge in [0.05, 0.1) is 12.8 Å². The van der Waals surface area contributed by atoms with Crippen LogP contribution in [-0.2, 0) is 22.4 Å². The van der Waals surface area contributed by atoms with Crippen LogP contribution in [0.3, 0.4) is 0 Å². The number of rotatable bonds is 4. The summed E-state index contributed by atoms with van der Waals surface area (Å²) >= 11 is 0. The molecule has 0 spiro atoms. The number of alkyl halides is 3. The van der Waals surface area contributed by atoms with Crippen LogP contribution in [0.4, 0.5) is 13.2 Å². The third-order valence-corrected chi connectivity index (χ3v) is 3.80. The van der Waals surface area contributed by atoms with Crippen molar-refractivity contribution in [3.05, 3.63) is 23.5 Å². The molecule has 2 aromatic rings. The van der Waals surface area contributed by atoms with E-state index in [4.69, 9.17) is 9.47 Å². The topological polar surface area (TPSA) is 77.7 Å². The van der Waals surface area contributed by atoms with Crippen LogP contribution < -0.4 is 10.2 Å². The fourth-order valence-electron chi connectivity index (χ4n) is 2.74. The molecule has 1 amide bonds. The van der Waals surface area contributed by atoms with Crippen LogP contribution >= 0.6 is 0 Å². The Balaban J connectivity index is 2.29. The second-order valence-corrected chi connectivity index (χ2v) is 5.39. The Kier molecular flexibility index (Phi) is 4.38. The van der Waals surface area contributed by atoms with E-state index < -0.39 is 12.0 Å². The lowest BCUT2D eigenvalue weighted by Crippen LogP contribution is -2.26. The Morgan fingerprint density at radius 3 is 2.60 bits per heavy atom. The van der Waals surface area contributed by atoms with Crippen molar-refractivity contribution in [2.75, 3.05) is 14.2 Å². The predicted molar refractivity (Wildman–Crippen MR) is 82.2 cm³/mol. The van der Waals surface area contributed by atoms with Crippen molar-refractivity contribution in [3.63, 3.8) is 0 Å². The van der Waals surface area contributed by atoms with Gasteiger partial charge in [-0.1, -0.05) is 0 Å². The molecule has 0 fully saturated rings. The molecule has 0 radical (unpaired) electrons. The number of amides is 1. The lowest BCUT2D eigenvalue weighted by molar-refractivity contribution is -0.148. The number of halogens is 3. The van der Waals surface area contributed by atoms with Gasteiger partial charge in [-0.15, -0.1) is 0 Å².